The number of nitrogens with one attached hydrogen (secondary N) is 2. The van der Waals surface area contributed by atoms with Crippen molar-refractivity contribution in [2.24, 2.45) is 5.73 Å². The van der Waals surface area contributed by atoms with E-state index in [9.17, 15) is 9.59 Å². The molecule has 6 rings (SSSR count). The van der Waals surface area contributed by atoms with Crippen LogP contribution in [0.15, 0.2) is 71.9 Å². The lowest BCUT2D eigenvalue weighted by molar-refractivity contribution is -0.127. The van der Waals surface area contributed by atoms with Gasteiger partial charge in [-0.1, -0.05) is 36.4 Å². The van der Waals surface area contributed by atoms with Crippen molar-refractivity contribution in [2.45, 2.75) is 25.8 Å². The average molecular weight is 615 g/mol. The molecule has 0 saturated carbocycles. The topological polar surface area (TPSA) is 118 Å². The number of aromatic nitrogens is 3. The molecule has 9 nitrogen and oxygen atoms in total. The van der Waals surface area contributed by atoms with Gasteiger partial charge in [-0.2, -0.15) is 0 Å². The van der Waals surface area contributed by atoms with Gasteiger partial charge >= 0.3 is 0 Å². The number of thiophene rings is 1. The van der Waals surface area contributed by atoms with Crippen LogP contribution in [0.3, 0.4) is 0 Å². The van der Waals surface area contributed by atoms with Gasteiger partial charge in [0.1, 0.15) is 31.7 Å². The molecule has 0 spiro atoms. The maximum absolute atomic E-state index is 13.6. The summed E-state index contributed by atoms with van der Waals surface area (Å²) in [6, 6.07) is 17.3. The normalized spacial score (nSPS) is 15.7. The van der Waals surface area contributed by atoms with Crippen molar-refractivity contribution in [3.05, 3.63) is 87.8 Å². The number of ether oxygens (including phenoxy) is 1. The Morgan fingerprint density at radius 2 is 2.05 bits per heavy atom. The van der Waals surface area contributed by atoms with E-state index in [0.717, 1.165) is 51.3 Å². The molecule has 5 aromatic rings. The van der Waals surface area contributed by atoms with Gasteiger partial charge in [0.15, 0.2) is 0 Å². The third-order valence-electron chi connectivity index (χ3n) is 7.49. The number of rotatable bonds is 7. The van der Waals surface area contributed by atoms with Gasteiger partial charge in [-0.15, -0.1) is 11.3 Å². The molecule has 1 saturated heterocycles. The van der Waals surface area contributed by atoms with Crippen molar-refractivity contribution in [1.29, 1.82) is 0 Å². The fourth-order valence-corrected chi connectivity index (χ4v) is 6.76. The largest absolute Gasteiger partial charge is 0.457 e. The predicted molar refractivity (Wildman–Crippen MR) is 172 cm³/mol. The highest BCUT2D eigenvalue weighted by Crippen LogP contribution is 2.34. The molecular formula is C32H31ClN6O3S. The Bertz CT molecular complexity index is 1930. The van der Waals surface area contributed by atoms with Crippen LogP contribution in [0.1, 0.15) is 28.1 Å². The van der Waals surface area contributed by atoms with E-state index in [0.29, 0.717) is 29.0 Å². The van der Waals surface area contributed by atoms with Gasteiger partial charge in [-0.3, -0.25) is 14.2 Å². The molecule has 3 aromatic heterocycles. The highest BCUT2D eigenvalue weighted by molar-refractivity contribution is 7.21. The van der Waals surface area contributed by atoms with Crippen molar-refractivity contribution >= 4 is 62.6 Å². The fraction of sp³-hybridized carbons (Fsp3) is 0.219. The summed E-state index contributed by atoms with van der Waals surface area (Å²) >= 11 is 7.44. The minimum atomic E-state index is -0.273. The molecule has 0 bridgehead atoms. The van der Waals surface area contributed by atoms with Gasteiger partial charge in [-0.25, -0.2) is 4.98 Å². The maximum Gasteiger partial charge on any atom is 0.265 e. The zero-order valence-electron chi connectivity index (χ0n) is 23.6. The van der Waals surface area contributed by atoms with Crippen LogP contribution in [0.4, 0.5) is 0 Å². The number of piperidine rings is 1. The van der Waals surface area contributed by atoms with Crippen LogP contribution in [0, 0.1) is 6.92 Å². The molecule has 4 heterocycles. The number of likely N-dealkylation sites (tertiary alicyclic amines) is 1. The summed E-state index contributed by atoms with van der Waals surface area (Å²) in [7, 11) is 0. The number of hydrogen-bond acceptors (Lipinski definition) is 6. The maximum atomic E-state index is 13.6. The highest BCUT2D eigenvalue weighted by Gasteiger charge is 2.28. The molecule has 1 unspecified atom stereocenters. The number of halogens is 1. The number of H-pyrrole nitrogens is 1. The molecule has 11 heteroatoms. The summed E-state index contributed by atoms with van der Waals surface area (Å²) in [5, 5.41) is 4.08. The number of carbonyl (C=O) groups excluding carboxylic acids is 2. The van der Waals surface area contributed by atoms with Gasteiger partial charge in [0.2, 0.25) is 0 Å². The molecule has 1 atom stereocenters. The minimum Gasteiger partial charge on any atom is -0.457 e. The molecule has 2 amide bonds. The zero-order chi connectivity index (χ0) is 30.1. The van der Waals surface area contributed by atoms with E-state index in [4.69, 9.17) is 22.1 Å². The van der Waals surface area contributed by atoms with Gasteiger partial charge < -0.3 is 25.7 Å². The van der Waals surface area contributed by atoms with Crippen molar-refractivity contribution in [3.8, 4) is 17.2 Å². The summed E-state index contributed by atoms with van der Waals surface area (Å²) < 4.78 is 8.07. The van der Waals surface area contributed by atoms with E-state index in [2.05, 4.69) is 21.9 Å². The quantitative estimate of drug-likeness (QED) is 0.219. The van der Waals surface area contributed by atoms with Crippen molar-refractivity contribution in [2.75, 3.05) is 19.6 Å². The third-order valence-corrected chi connectivity index (χ3v) is 8.90. The second-order valence-corrected chi connectivity index (χ2v) is 11.8. The number of benzene rings is 2. The molecule has 4 N–H and O–H groups in total. The van der Waals surface area contributed by atoms with Gasteiger partial charge in [-0.05, 0) is 67.8 Å². The van der Waals surface area contributed by atoms with E-state index < -0.39 is 0 Å². The number of aromatic amines is 1. The number of hydrogen-bond donors (Lipinski definition) is 3. The van der Waals surface area contributed by atoms with Crippen LogP contribution in [-0.2, 0) is 4.79 Å². The van der Waals surface area contributed by atoms with Crippen LogP contribution in [-0.4, -0.2) is 56.9 Å². The SMILES string of the molecule is C=c1[nH]c2c(C(=O)NC3CCCN(C(=O)/C(Cl)=C/CN)C3)sc3nccc(c32)n1-c1ccc(Oc2ccccc2)cc1C. The first kappa shape index (κ1) is 28.7. The number of nitrogens with zero attached hydrogens (tertiary/aromatic N) is 3. The Morgan fingerprint density at radius 1 is 1.23 bits per heavy atom. The van der Waals surface area contributed by atoms with E-state index in [-0.39, 0.29) is 29.4 Å². The van der Waals surface area contributed by atoms with Crippen LogP contribution in [0.5, 0.6) is 11.5 Å². The van der Waals surface area contributed by atoms with Crippen LogP contribution >= 0.6 is 22.9 Å². The first-order valence-electron chi connectivity index (χ1n) is 14.0. The summed E-state index contributed by atoms with van der Waals surface area (Å²) in [6.07, 6.45) is 4.76. The van der Waals surface area contributed by atoms with E-state index in [1.165, 1.54) is 17.4 Å². The van der Waals surface area contributed by atoms with Crippen molar-refractivity contribution in [3.63, 3.8) is 0 Å². The second-order valence-electron chi connectivity index (χ2n) is 10.4. The van der Waals surface area contributed by atoms with E-state index >= 15 is 0 Å². The van der Waals surface area contributed by atoms with Crippen molar-refractivity contribution < 1.29 is 14.3 Å². The highest BCUT2D eigenvalue weighted by atomic mass is 35.5. The summed E-state index contributed by atoms with van der Waals surface area (Å²) in [4.78, 5) is 37.2. The summed E-state index contributed by atoms with van der Waals surface area (Å²) in [6.45, 7) is 7.48. The molecule has 2 aromatic carbocycles. The number of pyridine rings is 1. The fourth-order valence-electron chi connectivity index (χ4n) is 5.53. The van der Waals surface area contributed by atoms with E-state index in [1.807, 2.05) is 66.1 Å². The molecule has 0 aliphatic carbocycles. The monoisotopic (exact) mass is 614 g/mol. The smallest absolute Gasteiger partial charge is 0.265 e. The lowest BCUT2D eigenvalue weighted by Gasteiger charge is -2.33. The second kappa shape index (κ2) is 12.1. The van der Waals surface area contributed by atoms with Gasteiger partial charge in [0.25, 0.3) is 11.8 Å². The molecule has 220 valence electrons. The molecular weight excluding hydrogens is 584 g/mol. The lowest BCUT2D eigenvalue weighted by atomic mass is 10.1. The summed E-state index contributed by atoms with van der Waals surface area (Å²) in [5.74, 6) is 1.01. The van der Waals surface area contributed by atoms with Crippen LogP contribution in [0.25, 0.3) is 33.5 Å². The van der Waals surface area contributed by atoms with Crippen LogP contribution < -0.4 is 21.3 Å². The Hall–Kier alpha value is -4.38. The standard InChI is InChI=1S/C32H31ClN6O3S/c1-19-17-23(42-22-8-4-3-5-9-22)10-11-25(19)39-20(2)36-28-27-26(39)13-15-35-31(27)43-29(28)30(40)37-21-7-6-16-38(18-21)32(41)24(33)12-14-34/h3-5,8-13,15,17,21,36H,2,6-7,14,16,18,34H2,1H3,(H,37,40)/b24-12-. The Balaban J connectivity index is 1.30. The van der Waals surface area contributed by atoms with Gasteiger partial charge in [0.05, 0.1) is 22.1 Å². The Morgan fingerprint density at radius 3 is 2.81 bits per heavy atom. The first-order chi connectivity index (χ1) is 20.8. The number of carbonyl (C=O) groups is 2. The summed E-state index contributed by atoms with van der Waals surface area (Å²) in [5.41, 5.74) is 9.62. The third kappa shape index (κ3) is 5.69. The number of aryl methyl sites for hydroxylation is 1. The molecule has 43 heavy (non-hydrogen) atoms. The van der Waals surface area contributed by atoms with Gasteiger partial charge in [0, 0.05) is 31.9 Å². The number of nitrogens with two attached hydrogens (primary N) is 1. The Kier molecular flexibility index (Phi) is 8.07. The zero-order valence-corrected chi connectivity index (χ0v) is 25.2. The van der Waals surface area contributed by atoms with E-state index in [1.54, 1.807) is 11.1 Å². The average Bonchev–Trinajstić information content (AvgIpc) is 3.38. The minimum absolute atomic E-state index is 0.0999. The molecule has 0 radical (unpaired) electrons. The first-order valence-corrected chi connectivity index (χ1v) is 15.2. The number of amides is 2. The molecule has 1 aliphatic rings. The Labute approximate surface area is 257 Å². The van der Waals surface area contributed by atoms with Crippen LogP contribution in [0.2, 0.25) is 0 Å². The molecule has 1 fully saturated rings. The van der Waals surface area contributed by atoms with Crippen molar-refractivity contribution in [1.82, 2.24) is 24.8 Å². The predicted octanol–water partition coefficient (Wildman–Crippen LogP) is 5.16. The lowest BCUT2D eigenvalue weighted by Crippen LogP contribution is -2.49. The molecule has 1 aliphatic heterocycles. The number of para-hydroxylation sites is 1.